The van der Waals surface area contributed by atoms with Crippen molar-refractivity contribution < 1.29 is 4.92 Å². The first-order valence-corrected chi connectivity index (χ1v) is 9.96. The number of rotatable bonds is 4. The van der Waals surface area contributed by atoms with E-state index in [2.05, 4.69) is 17.4 Å². The SMILES string of the molecule is Cc1ccc(NC(=S)N2N=C(c3ccc([N+](=O)[O-])cc3)CC2c2ccccc2)cc1. The molecule has 0 saturated heterocycles. The van der Waals surface area contributed by atoms with Crippen LogP contribution in [0.5, 0.6) is 0 Å². The molecule has 1 aliphatic rings. The third-order valence-corrected chi connectivity index (χ3v) is 5.31. The van der Waals surface area contributed by atoms with Gasteiger partial charge in [0.2, 0.25) is 0 Å². The lowest BCUT2D eigenvalue weighted by atomic mass is 9.98. The minimum absolute atomic E-state index is 0.0539. The zero-order valence-electron chi connectivity index (χ0n) is 16.4. The van der Waals surface area contributed by atoms with Crippen LogP contribution >= 0.6 is 12.2 Å². The van der Waals surface area contributed by atoms with E-state index in [1.165, 1.54) is 17.7 Å². The van der Waals surface area contributed by atoms with Crippen LogP contribution in [0, 0.1) is 17.0 Å². The van der Waals surface area contributed by atoms with Crippen molar-refractivity contribution in [2.75, 3.05) is 5.32 Å². The second kappa shape index (κ2) is 8.42. The van der Waals surface area contributed by atoms with Crippen molar-refractivity contribution in [2.24, 2.45) is 5.10 Å². The molecule has 0 radical (unpaired) electrons. The van der Waals surface area contributed by atoms with E-state index < -0.39 is 4.92 Å². The van der Waals surface area contributed by atoms with Crippen molar-refractivity contribution in [3.63, 3.8) is 0 Å². The average molecular weight is 417 g/mol. The summed E-state index contributed by atoms with van der Waals surface area (Å²) in [4.78, 5) is 10.5. The number of anilines is 1. The van der Waals surface area contributed by atoms with Crippen LogP contribution < -0.4 is 5.32 Å². The van der Waals surface area contributed by atoms with E-state index in [-0.39, 0.29) is 11.7 Å². The predicted octanol–water partition coefficient (Wildman–Crippen LogP) is 5.45. The van der Waals surface area contributed by atoms with Gasteiger partial charge in [-0.1, -0.05) is 48.0 Å². The summed E-state index contributed by atoms with van der Waals surface area (Å²) >= 11 is 5.68. The van der Waals surface area contributed by atoms with Crippen LogP contribution in [0.25, 0.3) is 0 Å². The van der Waals surface area contributed by atoms with Crippen LogP contribution in [0.3, 0.4) is 0 Å². The van der Waals surface area contributed by atoms with E-state index in [1.54, 1.807) is 12.1 Å². The molecule has 0 fully saturated rings. The maximum atomic E-state index is 10.9. The van der Waals surface area contributed by atoms with Crippen LogP contribution in [0.15, 0.2) is 84.0 Å². The molecule has 0 aliphatic carbocycles. The number of thiocarbonyl (C=S) groups is 1. The first-order chi connectivity index (χ1) is 14.5. The van der Waals surface area contributed by atoms with Crippen molar-refractivity contribution in [3.05, 3.63) is 106 Å². The zero-order chi connectivity index (χ0) is 21.1. The number of hydrazone groups is 1. The summed E-state index contributed by atoms with van der Waals surface area (Å²) in [6.45, 7) is 2.04. The Morgan fingerprint density at radius 2 is 1.73 bits per heavy atom. The van der Waals surface area contributed by atoms with Crippen molar-refractivity contribution >= 4 is 34.4 Å². The monoisotopic (exact) mass is 416 g/mol. The molecule has 1 heterocycles. The molecule has 0 bridgehead atoms. The van der Waals surface area contributed by atoms with Crippen LogP contribution in [-0.2, 0) is 0 Å². The highest BCUT2D eigenvalue weighted by Crippen LogP contribution is 2.33. The summed E-state index contributed by atoms with van der Waals surface area (Å²) in [6, 6.07) is 24.5. The zero-order valence-corrected chi connectivity index (χ0v) is 17.2. The van der Waals surface area contributed by atoms with Crippen LogP contribution in [-0.4, -0.2) is 20.8 Å². The standard InChI is InChI=1S/C23H20N4O2S/c1-16-7-11-19(12-8-16)24-23(30)26-22(18-5-3-2-4-6-18)15-21(25-26)17-9-13-20(14-10-17)27(28)29/h2-14,22H,15H2,1H3,(H,24,30). The lowest BCUT2D eigenvalue weighted by Gasteiger charge is -2.25. The Morgan fingerprint density at radius 3 is 2.37 bits per heavy atom. The number of non-ortho nitro benzene ring substituents is 1. The van der Waals surface area contributed by atoms with E-state index in [9.17, 15) is 10.1 Å². The molecular weight excluding hydrogens is 396 g/mol. The minimum Gasteiger partial charge on any atom is -0.331 e. The normalized spacial score (nSPS) is 15.6. The molecule has 150 valence electrons. The van der Waals surface area contributed by atoms with Gasteiger partial charge in [-0.25, -0.2) is 5.01 Å². The second-order valence-corrected chi connectivity index (χ2v) is 7.51. The number of benzene rings is 3. The maximum absolute atomic E-state index is 10.9. The number of hydrogen-bond donors (Lipinski definition) is 1. The fraction of sp³-hybridized carbons (Fsp3) is 0.130. The van der Waals surface area contributed by atoms with Crippen LogP contribution in [0.1, 0.15) is 29.2 Å². The Bertz CT molecular complexity index is 1100. The summed E-state index contributed by atoms with van der Waals surface area (Å²) in [5, 5.41) is 21.3. The average Bonchev–Trinajstić information content (AvgIpc) is 3.22. The first kappa shape index (κ1) is 19.7. The Morgan fingerprint density at radius 1 is 1.07 bits per heavy atom. The van der Waals surface area contributed by atoms with Gasteiger partial charge in [-0.3, -0.25) is 10.1 Å². The third-order valence-electron chi connectivity index (χ3n) is 5.02. The summed E-state index contributed by atoms with van der Waals surface area (Å²) in [7, 11) is 0. The van der Waals surface area contributed by atoms with Crippen molar-refractivity contribution in [1.82, 2.24) is 5.01 Å². The largest absolute Gasteiger partial charge is 0.331 e. The van der Waals surface area contributed by atoms with E-state index in [0.29, 0.717) is 11.5 Å². The highest BCUT2D eigenvalue weighted by Gasteiger charge is 2.31. The van der Waals surface area contributed by atoms with E-state index in [4.69, 9.17) is 17.3 Å². The Hall–Kier alpha value is -3.58. The highest BCUT2D eigenvalue weighted by molar-refractivity contribution is 7.80. The summed E-state index contributed by atoms with van der Waals surface area (Å²) in [6.07, 6.45) is 0.650. The van der Waals surface area contributed by atoms with Gasteiger partial charge in [0.25, 0.3) is 5.69 Å². The lowest BCUT2D eigenvalue weighted by molar-refractivity contribution is -0.384. The van der Waals surface area contributed by atoms with Gasteiger partial charge in [0, 0.05) is 24.2 Å². The van der Waals surface area contributed by atoms with E-state index >= 15 is 0 Å². The molecule has 3 aromatic rings. The van der Waals surface area contributed by atoms with Gasteiger partial charge in [0.1, 0.15) is 0 Å². The van der Waals surface area contributed by atoms with Crippen molar-refractivity contribution in [1.29, 1.82) is 0 Å². The molecule has 0 saturated carbocycles. The number of nitrogens with one attached hydrogen (secondary N) is 1. The molecular formula is C23H20N4O2S. The molecule has 1 N–H and O–H groups in total. The maximum Gasteiger partial charge on any atom is 0.269 e. The number of aryl methyl sites for hydroxylation is 1. The third kappa shape index (κ3) is 4.21. The van der Waals surface area contributed by atoms with Gasteiger partial charge >= 0.3 is 0 Å². The molecule has 0 spiro atoms. The quantitative estimate of drug-likeness (QED) is 0.348. The molecule has 7 heteroatoms. The van der Waals surface area contributed by atoms with Gasteiger partial charge in [0.15, 0.2) is 5.11 Å². The van der Waals surface area contributed by atoms with Gasteiger partial charge in [-0.15, -0.1) is 0 Å². The Balaban J connectivity index is 1.63. The molecule has 3 aromatic carbocycles. The second-order valence-electron chi connectivity index (χ2n) is 7.12. The Labute approximate surface area is 180 Å². The predicted molar refractivity (Wildman–Crippen MR) is 123 cm³/mol. The molecule has 1 unspecified atom stereocenters. The smallest absolute Gasteiger partial charge is 0.269 e. The Kier molecular flexibility index (Phi) is 5.54. The lowest BCUT2D eigenvalue weighted by Crippen LogP contribution is -2.31. The first-order valence-electron chi connectivity index (χ1n) is 9.55. The van der Waals surface area contributed by atoms with Gasteiger partial charge in [-0.05, 0) is 54.5 Å². The highest BCUT2D eigenvalue weighted by atomic mass is 32.1. The fourth-order valence-corrected chi connectivity index (χ4v) is 3.69. The van der Waals surface area contributed by atoms with Crippen molar-refractivity contribution in [3.8, 4) is 0 Å². The summed E-state index contributed by atoms with van der Waals surface area (Å²) in [5.74, 6) is 0. The molecule has 1 aliphatic heterocycles. The number of nitro benzene ring substituents is 1. The molecule has 6 nitrogen and oxygen atoms in total. The van der Waals surface area contributed by atoms with Gasteiger partial charge < -0.3 is 5.32 Å². The van der Waals surface area contributed by atoms with Crippen molar-refractivity contribution in [2.45, 2.75) is 19.4 Å². The minimum atomic E-state index is -0.403. The number of hydrogen-bond acceptors (Lipinski definition) is 4. The van der Waals surface area contributed by atoms with E-state index in [1.807, 2.05) is 54.4 Å². The van der Waals surface area contributed by atoms with E-state index in [0.717, 1.165) is 22.5 Å². The summed E-state index contributed by atoms with van der Waals surface area (Å²) < 4.78 is 0. The molecule has 0 amide bonds. The van der Waals surface area contributed by atoms with Crippen LogP contribution in [0.4, 0.5) is 11.4 Å². The molecule has 0 aromatic heterocycles. The number of nitro groups is 1. The topological polar surface area (TPSA) is 70.8 Å². The van der Waals surface area contributed by atoms with Crippen LogP contribution in [0.2, 0.25) is 0 Å². The van der Waals surface area contributed by atoms with Gasteiger partial charge in [-0.2, -0.15) is 5.10 Å². The number of nitrogens with zero attached hydrogens (tertiary/aromatic N) is 3. The molecule has 1 atom stereocenters. The summed E-state index contributed by atoms with van der Waals surface area (Å²) in [5.41, 5.74) is 4.93. The fourth-order valence-electron chi connectivity index (χ4n) is 3.40. The molecule has 30 heavy (non-hydrogen) atoms. The molecule has 4 rings (SSSR count). The van der Waals surface area contributed by atoms with Gasteiger partial charge in [0.05, 0.1) is 16.7 Å².